The summed E-state index contributed by atoms with van der Waals surface area (Å²) < 4.78 is 10.9. The quantitative estimate of drug-likeness (QED) is 0.0587. The molecule has 0 rings (SSSR count). The van der Waals surface area contributed by atoms with Crippen LogP contribution in [0.25, 0.3) is 0 Å². The number of esters is 1. The van der Waals surface area contributed by atoms with Crippen LogP contribution in [0.2, 0.25) is 0 Å². The highest BCUT2D eigenvalue weighted by Crippen LogP contribution is 2.01. The second-order valence-electron chi connectivity index (χ2n) is 9.78. The number of aliphatic hydroxyl groups is 1. The Balaban J connectivity index is 3.81. The molecule has 0 aromatic heterocycles. The van der Waals surface area contributed by atoms with Gasteiger partial charge < -0.3 is 14.6 Å². The lowest BCUT2D eigenvalue weighted by atomic mass is 10.2. The van der Waals surface area contributed by atoms with E-state index in [1.165, 1.54) is 0 Å². The van der Waals surface area contributed by atoms with Gasteiger partial charge in [0.2, 0.25) is 0 Å². The third-order valence-electron chi connectivity index (χ3n) is 5.83. The molecule has 0 amide bonds. The molecular weight excluding hydrogens is 532 g/mol. The molecule has 0 bridgehead atoms. The molecule has 238 valence electrons. The molecule has 4 heteroatoms. The number of hydrogen-bond acceptors (Lipinski definition) is 4. The van der Waals surface area contributed by atoms with E-state index < -0.39 is 6.10 Å². The molecular formula is C39H58O4. The summed E-state index contributed by atoms with van der Waals surface area (Å²) in [6.45, 7) is 4.75. The van der Waals surface area contributed by atoms with Gasteiger partial charge in [0.15, 0.2) is 0 Å². The van der Waals surface area contributed by atoms with Crippen molar-refractivity contribution in [3.63, 3.8) is 0 Å². The molecule has 0 aliphatic carbocycles. The third kappa shape index (κ3) is 33.2. The van der Waals surface area contributed by atoms with Crippen LogP contribution in [0.4, 0.5) is 0 Å². The average molecular weight is 591 g/mol. The molecule has 1 N–H and O–H groups in total. The van der Waals surface area contributed by atoms with E-state index in [0.717, 1.165) is 70.6 Å². The number of carbonyl (C=O) groups excluding carboxylic acids is 1. The Labute approximate surface area is 263 Å². The first-order chi connectivity index (χ1) is 21.2. The Morgan fingerprint density at radius 3 is 1.26 bits per heavy atom. The van der Waals surface area contributed by atoms with Gasteiger partial charge in [-0.05, 0) is 70.6 Å². The summed E-state index contributed by atoms with van der Waals surface area (Å²) >= 11 is 0. The largest absolute Gasteiger partial charge is 0.457 e. The van der Waals surface area contributed by atoms with Crippen LogP contribution < -0.4 is 0 Å². The van der Waals surface area contributed by atoms with Crippen molar-refractivity contribution >= 4 is 5.97 Å². The molecule has 0 aliphatic heterocycles. The second kappa shape index (κ2) is 35.0. The fraction of sp³-hybridized carbons (Fsp3) is 0.462. The van der Waals surface area contributed by atoms with Crippen LogP contribution in [-0.4, -0.2) is 37.0 Å². The molecule has 0 aromatic carbocycles. The standard InChI is InChI=1S/C39H58O4/c1-3-5-7-9-11-13-15-17-19-21-23-25-27-29-31-33-35-42-37-38(36-40)43-39(41)34-32-30-28-26-24-22-20-18-16-14-12-10-8-6-4-2/h5-8,11-14,17-20,23-26,29-32,38,40H,3-4,9-10,15-16,21-22,27-28,33-37H2,1-2H3/b7-5-,8-6-,13-11-,14-12-,19-17-,20-18-,25-23-,26-24-,31-29-,32-30-. The van der Waals surface area contributed by atoms with E-state index in [2.05, 4.69) is 123 Å². The molecule has 0 aromatic rings. The van der Waals surface area contributed by atoms with Gasteiger partial charge in [0, 0.05) is 0 Å². The summed E-state index contributed by atoms with van der Waals surface area (Å²) in [5.41, 5.74) is 0. The van der Waals surface area contributed by atoms with Gasteiger partial charge in [0.05, 0.1) is 26.2 Å². The molecule has 0 saturated heterocycles. The lowest BCUT2D eigenvalue weighted by Gasteiger charge is -2.15. The molecule has 0 heterocycles. The maximum absolute atomic E-state index is 12.0. The average Bonchev–Trinajstić information content (AvgIpc) is 3.01. The van der Waals surface area contributed by atoms with Crippen molar-refractivity contribution in [3.8, 4) is 0 Å². The zero-order valence-electron chi connectivity index (χ0n) is 26.9. The van der Waals surface area contributed by atoms with E-state index >= 15 is 0 Å². The summed E-state index contributed by atoms with van der Waals surface area (Å²) in [4.78, 5) is 12.0. The van der Waals surface area contributed by atoms with Crippen LogP contribution >= 0.6 is 0 Å². The second-order valence-corrected chi connectivity index (χ2v) is 9.78. The number of allylic oxidation sites excluding steroid dienone is 18. The normalized spacial score (nSPS) is 14.0. The Morgan fingerprint density at radius 1 is 0.535 bits per heavy atom. The van der Waals surface area contributed by atoms with Crippen molar-refractivity contribution in [2.75, 3.05) is 19.8 Å². The van der Waals surface area contributed by atoms with Crippen molar-refractivity contribution in [1.29, 1.82) is 0 Å². The Bertz CT molecular complexity index is 925. The van der Waals surface area contributed by atoms with E-state index in [1.54, 1.807) is 6.08 Å². The van der Waals surface area contributed by atoms with Gasteiger partial charge >= 0.3 is 5.97 Å². The van der Waals surface area contributed by atoms with Crippen molar-refractivity contribution < 1.29 is 19.4 Å². The smallest absolute Gasteiger partial charge is 0.310 e. The summed E-state index contributed by atoms with van der Waals surface area (Å²) in [6.07, 6.45) is 52.7. The number of aliphatic hydroxyl groups excluding tert-OH is 1. The van der Waals surface area contributed by atoms with Gasteiger partial charge in [-0.1, -0.05) is 135 Å². The van der Waals surface area contributed by atoms with Crippen LogP contribution in [0, 0.1) is 0 Å². The molecule has 1 atom stereocenters. The van der Waals surface area contributed by atoms with Gasteiger partial charge in [-0.3, -0.25) is 4.79 Å². The summed E-state index contributed by atoms with van der Waals surface area (Å²) in [5.74, 6) is -0.359. The van der Waals surface area contributed by atoms with Crippen molar-refractivity contribution in [2.24, 2.45) is 0 Å². The maximum atomic E-state index is 12.0. The fourth-order valence-electron chi connectivity index (χ4n) is 3.52. The van der Waals surface area contributed by atoms with E-state index in [4.69, 9.17) is 9.47 Å². The summed E-state index contributed by atoms with van der Waals surface area (Å²) in [5, 5.41) is 9.49. The molecule has 1 unspecified atom stereocenters. The first kappa shape index (κ1) is 39.8. The molecule has 0 spiro atoms. The fourth-order valence-corrected chi connectivity index (χ4v) is 3.52. The van der Waals surface area contributed by atoms with Crippen molar-refractivity contribution in [1.82, 2.24) is 0 Å². The van der Waals surface area contributed by atoms with Crippen molar-refractivity contribution in [3.05, 3.63) is 122 Å². The molecule has 43 heavy (non-hydrogen) atoms. The molecule has 0 saturated carbocycles. The number of carbonyl (C=O) groups is 1. The van der Waals surface area contributed by atoms with E-state index in [-0.39, 0.29) is 25.6 Å². The predicted molar refractivity (Wildman–Crippen MR) is 186 cm³/mol. The first-order valence-electron chi connectivity index (χ1n) is 16.1. The highest BCUT2D eigenvalue weighted by Gasteiger charge is 2.12. The highest BCUT2D eigenvalue weighted by molar-refractivity contribution is 5.71. The Hall–Kier alpha value is -3.21. The summed E-state index contributed by atoms with van der Waals surface area (Å²) in [6, 6.07) is 0. The van der Waals surface area contributed by atoms with Crippen LogP contribution in [0.3, 0.4) is 0 Å². The van der Waals surface area contributed by atoms with Gasteiger partial charge in [0.1, 0.15) is 6.10 Å². The van der Waals surface area contributed by atoms with Gasteiger partial charge in [-0.2, -0.15) is 0 Å². The molecule has 4 nitrogen and oxygen atoms in total. The van der Waals surface area contributed by atoms with Crippen LogP contribution in [0.15, 0.2) is 122 Å². The SMILES string of the molecule is CC/C=C\C/C=C\C/C=C\C/C=C\C/C=C\CCOCC(CO)OC(=O)C/C=C\C/C=C\C/C=C\C/C=C\C/C=C\CC. The van der Waals surface area contributed by atoms with Crippen LogP contribution in [0.5, 0.6) is 0 Å². The topological polar surface area (TPSA) is 55.8 Å². The molecule has 0 fully saturated rings. The van der Waals surface area contributed by atoms with E-state index in [0.29, 0.717) is 6.61 Å². The highest BCUT2D eigenvalue weighted by atomic mass is 16.6. The van der Waals surface area contributed by atoms with E-state index in [1.807, 2.05) is 6.08 Å². The monoisotopic (exact) mass is 590 g/mol. The minimum Gasteiger partial charge on any atom is -0.457 e. The zero-order valence-corrected chi connectivity index (χ0v) is 26.9. The molecule has 0 radical (unpaired) electrons. The maximum Gasteiger partial charge on any atom is 0.310 e. The third-order valence-corrected chi connectivity index (χ3v) is 5.83. The van der Waals surface area contributed by atoms with Crippen molar-refractivity contribution in [2.45, 2.75) is 97.0 Å². The lowest BCUT2D eigenvalue weighted by molar-refractivity contribution is -0.153. The molecule has 0 aliphatic rings. The van der Waals surface area contributed by atoms with Gasteiger partial charge in [-0.25, -0.2) is 0 Å². The number of hydrogen-bond donors (Lipinski definition) is 1. The van der Waals surface area contributed by atoms with Crippen LogP contribution in [0.1, 0.15) is 90.9 Å². The van der Waals surface area contributed by atoms with Gasteiger partial charge in [0.25, 0.3) is 0 Å². The first-order valence-corrected chi connectivity index (χ1v) is 16.1. The number of rotatable bonds is 27. The Kier molecular flexibility index (Phi) is 32.4. The number of ether oxygens (including phenoxy) is 2. The van der Waals surface area contributed by atoms with Crippen LogP contribution in [-0.2, 0) is 14.3 Å². The lowest BCUT2D eigenvalue weighted by Crippen LogP contribution is -2.27. The Morgan fingerprint density at radius 2 is 0.884 bits per heavy atom. The summed E-state index contributed by atoms with van der Waals surface area (Å²) in [7, 11) is 0. The predicted octanol–water partition coefficient (Wildman–Crippen LogP) is 10.2. The minimum absolute atomic E-state index is 0.185. The van der Waals surface area contributed by atoms with Gasteiger partial charge in [-0.15, -0.1) is 0 Å². The van der Waals surface area contributed by atoms with E-state index in [9.17, 15) is 9.90 Å². The minimum atomic E-state index is -0.636. The zero-order chi connectivity index (χ0) is 31.3.